The van der Waals surface area contributed by atoms with Crippen molar-refractivity contribution in [1.82, 2.24) is 0 Å². The Balaban J connectivity index is 4.15. The van der Waals surface area contributed by atoms with Crippen LogP contribution in [0.25, 0.3) is 0 Å². The zero-order chi connectivity index (χ0) is 17.1. The van der Waals surface area contributed by atoms with Crippen LogP contribution < -0.4 is 0 Å². The Kier molecular flexibility index (Phi) is 11.2. The summed E-state index contributed by atoms with van der Waals surface area (Å²) in [5.74, 6) is -1.24. The third kappa shape index (κ3) is 7.95. The molecule has 0 bridgehead atoms. The standard InChI is InChI=1S/C15H28O7/c1-2-3-4-5-6-7-10(17)8-11(18)13(20)15(22)14(21)12(19)9-16/h12-16,19-22H,2-9H2,1H3/t12-,13+,14-,15-/m1/s1. The van der Waals surface area contributed by atoms with Gasteiger partial charge >= 0.3 is 0 Å². The molecule has 0 unspecified atom stereocenters. The molecule has 0 amide bonds. The molecule has 4 atom stereocenters. The van der Waals surface area contributed by atoms with E-state index < -0.39 is 43.2 Å². The molecule has 0 aliphatic heterocycles. The average Bonchev–Trinajstić information content (AvgIpc) is 2.51. The first-order chi connectivity index (χ1) is 10.3. The fourth-order valence-electron chi connectivity index (χ4n) is 2.03. The number of ketones is 2. The molecule has 0 aromatic heterocycles. The zero-order valence-corrected chi connectivity index (χ0v) is 13.0. The van der Waals surface area contributed by atoms with Gasteiger partial charge in [-0.05, 0) is 6.42 Å². The zero-order valence-electron chi connectivity index (χ0n) is 13.0. The summed E-state index contributed by atoms with van der Waals surface area (Å²) in [6.45, 7) is 1.26. The van der Waals surface area contributed by atoms with Gasteiger partial charge < -0.3 is 25.5 Å². The van der Waals surface area contributed by atoms with Crippen LogP contribution in [-0.2, 0) is 9.59 Å². The van der Waals surface area contributed by atoms with Gasteiger partial charge in [0.1, 0.15) is 30.2 Å². The van der Waals surface area contributed by atoms with Crippen molar-refractivity contribution in [3.05, 3.63) is 0 Å². The van der Waals surface area contributed by atoms with Crippen LogP contribution in [0.2, 0.25) is 0 Å². The molecule has 0 saturated heterocycles. The molecule has 0 fully saturated rings. The van der Waals surface area contributed by atoms with Crippen LogP contribution in [0, 0.1) is 0 Å². The highest BCUT2D eigenvalue weighted by Crippen LogP contribution is 2.10. The third-order valence-corrected chi connectivity index (χ3v) is 3.52. The van der Waals surface area contributed by atoms with Crippen LogP contribution in [0.3, 0.4) is 0 Å². The van der Waals surface area contributed by atoms with Crippen molar-refractivity contribution >= 4 is 11.6 Å². The molecule has 130 valence electrons. The van der Waals surface area contributed by atoms with Crippen LogP contribution in [0.5, 0.6) is 0 Å². The number of aliphatic hydroxyl groups is 5. The summed E-state index contributed by atoms with van der Waals surface area (Å²) in [5.41, 5.74) is 0. The van der Waals surface area contributed by atoms with Crippen LogP contribution in [0.1, 0.15) is 51.9 Å². The van der Waals surface area contributed by atoms with Crippen LogP contribution in [-0.4, -0.2) is 68.1 Å². The largest absolute Gasteiger partial charge is 0.394 e. The molecule has 0 saturated carbocycles. The highest BCUT2D eigenvalue weighted by Gasteiger charge is 2.34. The average molecular weight is 320 g/mol. The molecule has 0 aromatic rings. The fraction of sp³-hybridized carbons (Fsp3) is 0.867. The third-order valence-electron chi connectivity index (χ3n) is 3.52. The Bertz CT molecular complexity index is 332. The summed E-state index contributed by atoms with van der Waals surface area (Å²) in [7, 11) is 0. The van der Waals surface area contributed by atoms with Crippen molar-refractivity contribution in [2.45, 2.75) is 76.3 Å². The lowest BCUT2D eigenvalue weighted by Gasteiger charge is -2.24. The topological polar surface area (TPSA) is 135 Å². The minimum atomic E-state index is -1.97. The minimum absolute atomic E-state index is 0.236. The normalized spacial score (nSPS) is 16.8. The van der Waals surface area contributed by atoms with E-state index in [9.17, 15) is 24.9 Å². The molecule has 22 heavy (non-hydrogen) atoms. The molecule has 0 radical (unpaired) electrons. The molecular formula is C15H28O7. The van der Waals surface area contributed by atoms with Crippen molar-refractivity contribution in [2.75, 3.05) is 6.61 Å². The van der Waals surface area contributed by atoms with Crippen LogP contribution in [0.4, 0.5) is 0 Å². The van der Waals surface area contributed by atoms with E-state index in [1.54, 1.807) is 0 Å². The van der Waals surface area contributed by atoms with Gasteiger partial charge in [0.2, 0.25) is 0 Å². The molecule has 0 aromatic carbocycles. The number of carbonyl (C=O) groups excluding carboxylic acids is 2. The lowest BCUT2D eigenvalue weighted by molar-refractivity contribution is -0.148. The second kappa shape index (κ2) is 11.7. The Morgan fingerprint density at radius 3 is 2.05 bits per heavy atom. The molecule has 0 aliphatic carbocycles. The molecule has 5 N–H and O–H groups in total. The Morgan fingerprint density at radius 1 is 0.909 bits per heavy atom. The number of hydrogen-bond donors (Lipinski definition) is 5. The lowest BCUT2D eigenvalue weighted by Crippen LogP contribution is -2.48. The van der Waals surface area contributed by atoms with Crippen molar-refractivity contribution in [3.63, 3.8) is 0 Å². The molecule has 0 spiro atoms. The SMILES string of the molecule is CCCCCCCC(=O)CC(=O)[C@H](O)[C@@H](O)[C@H](O)[C@H](O)CO. The summed E-state index contributed by atoms with van der Waals surface area (Å²) in [6, 6.07) is 0. The summed E-state index contributed by atoms with van der Waals surface area (Å²) < 4.78 is 0. The first kappa shape index (κ1) is 21.1. The van der Waals surface area contributed by atoms with Crippen molar-refractivity contribution in [2.24, 2.45) is 0 Å². The van der Waals surface area contributed by atoms with E-state index in [-0.39, 0.29) is 12.2 Å². The van der Waals surface area contributed by atoms with Gasteiger partial charge in [0.15, 0.2) is 5.78 Å². The first-order valence-electron chi connectivity index (χ1n) is 7.72. The lowest BCUT2D eigenvalue weighted by atomic mass is 9.96. The smallest absolute Gasteiger partial charge is 0.171 e. The van der Waals surface area contributed by atoms with Gasteiger partial charge in [-0.15, -0.1) is 0 Å². The summed E-state index contributed by atoms with van der Waals surface area (Å²) in [5, 5.41) is 46.3. The van der Waals surface area contributed by atoms with Gasteiger partial charge in [-0.1, -0.05) is 32.6 Å². The Morgan fingerprint density at radius 2 is 1.50 bits per heavy atom. The summed E-state index contributed by atoms with van der Waals surface area (Å²) in [4.78, 5) is 23.3. The summed E-state index contributed by atoms with van der Waals surface area (Å²) >= 11 is 0. The molecule has 7 nitrogen and oxygen atoms in total. The predicted octanol–water partition coefficient (Wildman–Crippen LogP) is -0.689. The first-order valence-corrected chi connectivity index (χ1v) is 7.72. The number of carbonyl (C=O) groups is 2. The van der Waals surface area contributed by atoms with Gasteiger partial charge in [0.25, 0.3) is 0 Å². The highest BCUT2D eigenvalue weighted by atomic mass is 16.4. The second-order valence-corrected chi connectivity index (χ2v) is 5.52. The molecule has 0 aliphatic rings. The maximum absolute atomic E-state index is 11.7. The van der Waals surface area contributed by atoms with E-state index in [0.29, 0.717) is 6.42 Å². The van der Waals surface area contributed by atoms with Crippen molar-refractivity contribution in [1.29, 1.82) is 0 Å². The van der Waals surface area contributed by atoms with Gasteiger partial charge in [0, 0.05) is 6.42 Å². The Hall–Kier alpha value is -0.860. The molecule has 0 heterocycles. The van der Waals surface area contributed by atoms with E-state index in [2.05, 4.69) is 6.92 Å². The maximum atomic E-state index is 11.7. The van der Waals surface area contributed by atoms with Gasteiger partial charge in [-0.3, -0.25) is 9.59 Å². The predicted molar refractivity (Wildman–Crippen MR) is 79.1 cm³/mol. The maximum Gasteiger partial charge on any atom is 0.171 e. The quantitative estimate of drug-likeness (QED) is 0.224. The van der Waals surface area contributed by atoms with Crippen molar-refractivity contribution < 1.29 is 35.1 Å². The second-order valence-electron chi connectivity index (χ2n) is 5.52. The van der Waals surface area contributed by atoms with E-state index in [0.717, 1.165) is 25.7 Å². The van der Waals surface area contributed by atoms with E-state index in [1.165, 1.54) is 0 Å². The van der Waals surface area contributed by atoms with E-state index >= 15 is 0 Å². The monoisotopic (exact) mass is 320 g/mol. The molecule has 0 rings (SSSR count). The number of rotatable bonds is 13. The van der Waals surface area contributed by atoms with Gasteiger partial charge in [-0.2, -0.15) is 0 Å². The van der Waals surface area contributed by atoms with E-state index in [1.807, 2.05) is 0 Å². The number of aliphatic hydroxyl groups excluding tert-OH is 5. The van der Waals surface area contributed by atoms with Crippen LogP contribution >= 0.6 is 0 Å². The number of Topliss-reactive ketones (excluding diaryl/α,β-unsaturated/α-hetero) is 2. The molecule has 7 heteroatoms. The van der Waals surface area contributed by atoms with Gasteiger partial charge in [-0.25, -0.2) is 0 Å². The summed E-state index contributed by atoms with van der Waals surface area (Å²) in [6.07, 6.45) is -2.94. The molecular weight excluding hydrogens is 292 g/mol. The number of unbranched alkanes of at least 4 members (excludes halogenated alkanes) is 4. The Labute approximate surface area is 130 Å². The van der Waals surface area contributed by atoms with Crippen molar-refractivity contribution in [3.8, 4) is 0 Å². The fourth-order valence-corrected chi connectivity index (χ4v) is 2.03. The number of hydrogen-bond acceptors (Lipinski definition) is 7. The minimum Gasteiger partial charge on any atom is -0.394 e. The van der Waals surface area contributed by atoms with Gasteiger partial charge in [0.05, 0.1) is 13.0 Å². The van der Waals surface area contributed by atoms with Crippen LogP contribution in [0.15, 0.2) is 0 Å². The highest BCUT2D eigenvalue weighted by molar-refractivity contribution is 6.01. The van der Waals surface area contributed by atoms with E-state index in [4.69, 9.17) is 10.2 Å².